The van der Waals surface area contributed by atoms with E-state index in [-0.39, 0.29) is 16.3 Å². The van der Waals surface area contributed by atoms with Gasteiger partial charge in [-0.05, 0) is 38.1 Å². The van der Waals surface area contributed by atoms with Gasteiger partial charge in [-0.25, -0.2) is 13.8 Å². The number of alkyl halides is 3. The molecule has 11 heteroatoms. The fourth-order valence-electron chi connectivity index (χ4n) is 2.67. The predicted octanol–water partition coefficient (Wildman–Crippen LogP) is 5.97. The maximum absolute atomic E-state index is 14.9. The number of carbonyl (C=O) groups excluding carboxylic acids is 1. The number of aryl methyl sites for hydroxylation is 1. The van der Waals surface area contributed by atoms with Crippen molar-refractivity contribution in [3.8, 4) is 17.0 Å². The molecule has 168 valence electrons. The van der Waals surface area contributed by atoms with Crippen molar-refractivity contribution < 1.29 is 31.5 Å². The van der Waals surface area contributed by atoms with Gasteiger partial charge in [-0.1, -0.05) is 17.7 Å². The summed E-state index contributed by atoms with van der Waals surface area (Å²) in [6, 6.07) is 5.21. The number of rotatable bonds is 5. The minimum absolute atomic E-state index is 0.0242. The summed E-state index contributed by atoms with van der Waals surface area (Å²) in [4.78, 5) is 20.7. The van der Waals surface area contributed by atoms with Gasteiger partial charge in [0.1, 0.15) is 17.4 Å². The maximum atomic E-state index is 14.9. The molecule has 1 aromatic heterocycles. The zero-order valence-corrected chi connectivity index (χ0v) is 17.4. The number of nitrogens with one attached hydrogen (secondary N) is 1. The minimum atomic E-state index is -4.76. The van der Waals surface area contributed by atoms with Crippen LogP contribution in [0, 0.1) is 18.6 Å². The molecule has 1 amide bonds. The molecule has 3 rings (SSSR count). The van der Waals surface area contributed by atoms with Crippen LogP contribution in [-0.4, -0.2) is 28.2 Å². The SMILES string of the molecule is Cc1cncc(-c2cc(OC(C)C(F)(F)F)c(C(=O)Nc3c(F)cccc3Cl)cc2F)n1. The highest BCUT2D eigenvalue weighted by Crippen LogP contribution is 2.34. The summed E-state index contributed by atoms with van der Waals surface area (Å²) in [6.07, 6.45) is -4.47. The van der Waals surface area contributed by atoms with Gasteiger partial charge < -0.3 is 10.1 Å². The van der Waals surface area contributed by atoms with Crippen molar-refractivity contribution >= 4 is 23.2 Å². The highest BCUT2D eigenvalue weighted by Gasteiger charge is 2.39. The van der Waals surface area contributed by atoms with Crippen molar-refractivity contribution in [3.05, 3.63) is 70.6 Å². The third kappa shape index (κ3) is 5.13. The van der Waals surface area contributed by atoms with Gasteiger partial charge in [-0.15, -0.1) is 0 Å². The Balaban J connectivity index is 2.09. The fraction of sp³-hybridized carbons (Fsp3) is 0.190. The van der Waals surface area contributed by atoms with Crippen LogP contribution in [0.5, 0.6) is 5.75 Å². The molecule has 2 aromatic carbocycles. The Bertz CT molecular complexity index is 1150. The molecule has 0 radical (unpaired) electrons. The van der Waals surface area contributed by atoms with Gasteiger partial charge in [-0.3, -0.25) is 9.78 Å². The Labute approximate surface area is 184 Å². The second kappa shape index (κ2) is 9.07. The van der Waals surface area contributed by atoms with Crippen molar-refractivity contribution in [2.45, 2.75) is 26.1 Å². The van der Waals surface area contributed by atoms with Crippen LogP contribution in [0.15, 0.2) is 42.7 Å². The van der Waals surface area contributed by atoms with Crippen molar-refractivity contribution in [1.82, 2.24) is 9.97 Å². The summed E-state index contributed by atoms with van der Waals surface area (Å²) < 4.78 is 73.1. The summed E-state index contributed by atoms with van der Waals surface area (Å²) >= 11 is 5.87. The van der Waals surface area contributed by atoms with E-state index in [9.17, 15) is 26.7 Å². The van der Waals surface area contributed by atoms with E-state index in [1.165, 1.54) is 24.5 Å². The van der Waals surface area contributed by atoms with Gasteiger partial charge in [0, 0.05) is 11.8 Å². The Morgan fingerprint density at radius 1 is 1.16 bits per heavy atom. The number of carbonyl (C=O) groups is 1. The zero-order chi connectivity index (χ0) is 23.6. The van der Waals surface area contributed by atoms with Gasteiger partial charge in [0.25, 0.3) is 5.91 Å². The number of nitrogens with zero attached hydrogens (tertiary/aromatic N) is 2. The van der Waals surface area contributed by atoms with Crippen molar-refractivity contribution in [3.63, 3.8) is 0 Å². The van der Waals surface area contributed by atoms with E-state index in [1.54, 1.807) is 6.92 Å². The number of halogens is 6. The monoisotopic (exact) mass is 471 g/mol. The molecule has 0 spiro atoms. The van der Waals surface area contributed by atoms with E-state index in [2.05, 4.69) is 15.3 Å². The molecule has 3 aromatic rings. The first kappa shape index (κ1) is 23.4. The lowest BCUT2D eigenvalue weighted by atomic mass is 10.1. The minimum Gasteiger partial charge on any atom is -0.480 e. The third-order valence-corrected chi connectivity index (χ3v) is 4.63. The number of hydrogen-bond donors (Lipinski definition) is 1. The first-order valence-corrected chi connectivity index (χ1v) is 9.46. The number of aromatic nitrogens is 2. The molecule has 0 fully saturated rings. The highest BCUT2D eigenvalue weighted by molar-refractivity contribution is 6.34. The number of anilines is 1. The quantitative estimate of drug-likeness (QED) is 0.466. The van der Waals surface area contributed by atoms with Gasteiger partial charge in [0.05, 0.1) is 33.9 Å². The van der Waals surface area contributed by atoms with E-state index in [4.69, 9.17) is 16.3 Å². The van der Waals surface area contributed by atoms with E-state index in [0.29, 0.717) is 11.8 Å². The number of benzene rings is 2. The number of amides is 1. The Morgan fingerprint density at radius 3 is 2.50 bits per heavy atom. The molecule has 1 unspecified atom stereocenters. The van der Waals surface area contributed by atoms with Crippen LogP contribution in [0.4, 0.5) is 27.6 Å². The average Bonchev–Trinajstić information content (AvgIpc) is 2.71. The molecule has 0 saturated heterocycles. The topological polar surface area (TPSA) is 64.1 Å². The third-order valence-electron chi connectivity index (χ3n) is 4.31. The van der Waals surface area contributed by atoms with Crippen LogP contribution < -0.4 is 10.1 Å². The molecular weight excluding hydrogens is 457 g/mol. The Kier molecular flexibility index (Phi) is 6.63. The summed E-state index contributed by atoms with van der Waals surface area (Å²) in [5.74, 6) is -3.56. The van der Waals surface area contributed by atoms with Crippen LogP contribution in [0.2, 0.25) is 5.02 Å². The number of ether oxygens (including phenoxy) is 1. The van der Waals surface area contributed by atoms with Crippen LogP contribution in [0.25, 0.3) is 11.3 Å². The number of para-hydroxylation sites is 1. The van der Waals surface area contributed by atoms with Gasteiger partial charge in [0.15, 0.2) is 6.10 Å². The maximum Gasteiger partial charge on any atom is 0.425 e. The highest BCUT2D eigenvalue weighted by atomic mass is 35.5. The summed E-state index contributed by atoms with van der Waals surface area (Å²) in [5, 5.41) is 1.99. The van der Waals surface area contributed by atoms with E-state index in [0.717, 1.165) is 19.1 Å². The molecule has 1 N–H and O–H groups in total. The summed E-state index contributed by atoms with van der Waals surface area (Å²) in [7, 11) is 0. The normalized spacial score (nSPS) is 12.4. The standard InChI is InChI=1S/C21H15ClF5N3O2/c1-10-8-28-9-17(29-10)12-7-18(32-11(2)21(25,26)27)13(6-16(12)24)20(31)30-19-14(22)4-3-5-15(19)23/h3-9,11H,1-2H3,(H,30,31). The van der Waals surface area contributed by atoms with Crippen molar-refractivity contribution in [1.29, 1.82) is 0 Å². The van der Waals surface area contributed by atoms with Gasteiger partial charge in [0.2, 0.25) is 0 Å². The largest absolute Gasteiger partial charge is 0.480 e. The van der Waals surface area contributed by atoms with E-state index < -0.39 is 46.8 Å². The fourth-order valence-corrected chi connectivity index (χ4v) is 2.88. The number of hydrogen-bond acceptors (Lipinski definition) is 4. The van der Waals surface area contributed by atoms with Crippen LogP contribution >= 0.6 is 11.6 Å². The lowest BCUT2D eigenvalue weighted by Gasteiger charge is -2.20. The summed E-state index contributed by atoms with van der Waals surface area (Å²) in [6.45, 7) is 2.32. The zero-order valence-electron chi connectivity index (χ0n) is 16.6. The van der Waals surface area contributed by atoms with E-state index in [1.807, 2.05) is 0 Å². The van der Waals surface area contributed by atoms with Crippen LogP contribution in [-0.2, 0) is 0 Å². The van der Waals surface area contributed by atoms with Crippen molar-refractivity contribution in [2.24, 2.45) is 0 Å². The molecule has 0 aliphatic heterocycles. The first-order chi connectivity index (χ1) is 15.0. The lowest BCUT2D eigenvalue weighted by molar-refractivity contribution is -0.189. The van der Waals surface area contributed by atoms with Gasteiger partial charge in [-0.2, -0.15) is 13.2 Å². The molecule has 5 nitrogen and oxygen atoms in total. The molecule has 0 bridgehead atoms. The Hall–Kier alpha value is -3.27. The Morgan fingerprint density at radius 2 is 1.88 bits per heavy atom. The average molecular weight is 472 g/mol. The first-order valence-electron chi connectivity index (χ1n) is 9.08. The molecule has 1 heterocycles. The second-order valence-corrected chi connectivity index (χ2v) is 7.13. The molecule has 32 heavy (non-hydrogen) atoms. The molecule has 0 aliphatic carbocycles. The van der Waals surface area contributed by atoms with E-state index >= 15 is 0 Å². The molecule has 1 atom stereocenters. The molecule has 0 saturated carbocycles. The van der Waals surface area contributed by atoms with Crippen molar-refractivity contribution in [2.75, 3.05) is 5.32 Å². The molecule has 0 aliphatic rings. The lowest BCUT2D eigenvalue weighted by Crippen LogP contribution is -2.32. The summed E-state index contributed by atoms with van der Waals surface area (Å²) in [5.41, 5.74) is -0.781. The van der Waals surface area contributed by atoms with Gasteiger partial charge >= 0.3 is 6.18 Å². The van der Waals surface area contributed by atoms with Crippen LogP contribution in [0.3, 0.4) is 0 Å². The second-order valence-electron chi connectivity index (χ2n) is 6.73. The predicted molar refractivity (Wildman–Crippen MR) is 108 cm³/mol. The van der Waals surface area contributed by atoms with Crippen LogP contribution in [0.1, 0.15) is 23.0 Å². The smallest absolute Gasteiger partial charge is 0.425 e. The molecular formula is C21H15ClF5N3O2.